The fourth-order valence-electron chi connectivity index (χ4n) is 4.13. The van der Waals surface area contributed by atoms with Crippen molar-refractivity contribution in [2.24, 2.45) is 11.8 Å². The van der Waals surface area contributed by atoms with Gasteiger partial charge in [0.05, 0.1) is 26.2 Å². The molecule has 7 heteroatoms. The van der Waals surface area contributed by atoms with Crippen LogP contribution in [-0.2, 0) is 4.79 Å². The number of thiocarbonyl (C=S) groups is 1. The second-order valence-corrected chi connectivity index (χ2v) is 8.92. The van der Waals surface area contributed by atoms with E-state index in [4.69, 9.17) is 23.8 Å². The lowest BCUT2D eigenvalue weighted by atomic mass is 9.92. The number of benzene rings is 1. The third kappa shape index (κ3) is 5.80. The highest BCUT2D eigenvalue weighted by molar-refractivity contribution is 7.80. The first-order valence-electron chi connectivity index (χ1n) is 9.83. The number of rotatable bonds is 3. The molecule has 0 aromatic heterocycles. The fraction of sp³-hybridized carbons (Fsp3) is 0.600. The summed E-state index contributed by atoms with van der Waals surface area (Å²) >= 11 is 11.5. The van der Waals surface area contributed by atoms with E-state index in [1.54, 1.807) is 0 Å². The summed E-state index contributed by atoms with van der Waals surface area (Å²) in [7, 11) is 0. The number of carbonyl (C=O) groups excluding carboxylic acids is 1. The molecule has 148 valence electrons. The lowest BCUT2D eigenvalue weighted by molar-refractivity contribution is -0.896. The SMILES string of the molecule is C[C@@H]1C[C@H](C)CN(C(=O)C[NH+]2CCN(C(=S)Nc3ccc(Cl)cc3)CC2)C1. The van der Waals surface area contributed by atoms with Crippen LogP contribution in [0.5, 0.6) is 0 Å². The lowest BCUT2D eigenvalue weighted by Crippen LogP contribution is -3.15. The number of amides is 1. The molecule has 1 aromatic carbocycles. The van der Waals surface area contributed by atoms with E-state index >= 15 is 0 Å². The average Bonchev–Trinajstić information content (AvgIpc) is 2.63. The van der Waals surface area contributed by atoms with E-state index in [0.717, 1.165) is 50.1 Å². The molecule has 0 unspecified atom stereocenters. The van der Waals surface area contributed by atoms with Crippen LogP contribution < -0.4 is 10.2 Å². The van der Waals surface area contributed by atoms with Crippen LogP contribution in [0.4, 0.5) is 5.69 Å². The Morgan fingerprint density at radius 1 is 1.15 bits per heavy atom. The van der Waals surface area contributed by atoms with Crippen molar-refractivity contribution in [1.29, 1.82) is 0 Å². The van der Waals surface area contributed by atoms with Gasteiger partial charge in [-0.25, -0.2) is 0 Å². The molecule has 2 aliphatic heterocycles. The van der Waals surface area contributed by atoms with Crippen molar-refractivity contribution in [3.05, 3.63) is 29.3 Å². The van der Waals surface area contributed by atoms with E-state index in [1.807, 2.05) is 24.3 Å². The summed E-state index contributed by atoms with van der Waals surface area (Å²) in [5.41, 5.74) is 0.947. The maximum Gasteiger partial charge on any atom is 0.277 e. The molecular formula is C20H30ClN4OS+. The summed E-state index contributed by atoms with van der Waals surface area (Å²) in [5.74, 6) is 1.53. The molecule has 0 spiro atoms. The number of hydrogen-bond acceptors (Lipinski definition) is 2. The normalized spacial score (nSPS) is 24.0. The maximum absolute atomic E-state index is 12.7. The third-order valence-corrected chi connectivity index (χ3v) is 6.09. The van der Waals surface area contributed by atoms with Crippen molar-refractivity contribution in [1.82, 2.24) is 9.80 Å². The molecule has 2 fully saturated rings. The number of piperidine rings is 1. The molecule has 27 heavy (non-hydrogen) atoms. The van der Waals surface area contributed by atoms with Crippen LogP contribution in [0.3, 0.4) is 0 Å². The molecular weight excluding hydrogens is 380 g/mol. The number of quaternary nitrogens is 1. The van der Waals surface area contributed by atoms with Crippen LogP contribution in [0.25, 0.3) is 0 Å². The second kappa shape index (κ2) is 9.22. The summed E-state index contributed by atoms with van der Waals surface area (Å²) < 4.78 is 0. The monoisotopic (exact) mass is 409 g/mol. The van der Waals surface area contributed by atoms with Gasteiger partial charge in [-0.2, -0.15) is 0 Å². The van der Waals surface area contributed by atoms with Crippen molar-refractivity contribution in [2.45, 2.75) is 20.3 Å². The van der Waals surface area contributed by atoms with Gasteiger partial charge in [0.2, 0.25) is 0 Å². The summed E-state index contributed by atoms with van der Waals surface area (Å²) in [6.07, 6.45) is 1.23. The number of likely N-dealkylation sites (tertiary alicyclic amines) is 1. The highest BCUT2D eigenvalue weighted by Gasteiger charge is 2.29. The minimum absolute atomic E-state index is 0.304. The zero-order chi connectivity index (χ0) is 19.4. The number of halogens is 1. The van der Waals surface area contributed by atoms with E-state index in [2.05, 4.69) is 29.0 Å². The summed E-state index contributed by atoms with van der Waals surface area (Å²) in [4.78, 5) is 18.3. The summed E-state index contributed by atoms with van der Waals surface area (Å²) in [6, 6.07) is 7.55. The first kappa shape index (κ1) is 20.4. The Labute approximate surface area is 172 Å². The van der Waals surface area contributed by atoms with Gasteiger partial charge in [-0.3, -0.25) is 4.79 Å². The first-order chi connectivity index (χ1) is 12.9. The van der Waals surface area contributed by atoms with Gasteiger partial charge in [0.15, 0.2) is 11.7 Å². The predicted octanol–water partition coefficient (Wildman–Crippen LogP) is 1.74. The molecule has 0 saturated carbocycles. The number of nitrogens with one attached hydrogen (secondary N) is 2. The Bertz CT molecular complexity index is 650. The molecule has 2 N–H and O–H groups in total. The van der Waals surface area contributed by atoms with Crippen molar-refractivity contribution in [3.63, 3.8) is 0 Å². The molecule has 1 aromatic rings. The number of anilines is 1. The number of hydrogen-bond donors (Lipinski definition) is 2. The molecule has 0 bridgehead atoms. The zero-order valence-electron chi connectivity index (χ0n) is 16.2. The summed E-state index contributed by atoms with van der Waals surface area (Å²) in [5, 5.41) is 4.72. The minimum Gasteiger partial charge on any atom is -0.338 e. The van der Waals surface area contributed by atoms with Crippen molar-refractivity contribution >= 4 is 40.5 Å². The number of carbonyl (C=O) groups is 1. The molecule has 2 aliphatic rings. The first-order valence-corrected chi connectivity index (χ1v) is 10.6. The van der Waals surface area contributed by atoms with Crippen LogP contribution in [-0.4, -0.2) is 66.6 Å². The third-order valence-electron chi connectivity index (χ3n) is 5.48. The van der Waals surface area contributed by atoms with Gasteiger partial charge in [0, 0.05) is 23.8 Å². The quantitative estimate of drug-likeness (QED) is 0.746. The zero-order valence-corrected chi connectivity index (χ0v) is 17.8. The highest BCUT2D eigenvalue weighted by Crippen LogP contribution is 2.20. The largest absolute Gasteiger partial charge is 0.338 e. The minimum atomic E-state index is 0.304. The van der Waals surface area contributed by atoms with Gasteiger partial charge in [0.1, 0.15) is 0 Å². The molecule has 0 aliphatic carbocycles. The van der Waals surface area contributed by atoms with Gasteiger partial charge < -0.3 is 20.0 Å². The van der Waals surface area contributed by atoms with Gasteiger partial charge >= 0.3 is 0 Å². The van der Waals surface area contributed by atoms with E-state index in [9.17, 15) is 4.79 Å². The molecule has 5 nitrogen and oxygen atoms in total. The van der Waals surface area contributed by atoms with E-state index < -0.39 is 0 Å². The second-order valence-electron chi connectivity index (χ2n) is 8.10. The Morgan fingerprint density at radius 2 is 1.74 bits per heavy atom. The van der Waals surface area contributed by atoms with E-state index in [1.165, 1.54) is 11.3 Å². The molecule has 2 heterocycles. The number of nitrogens with zero attached hydrogens (tertiary/aromatic N) is 2. The Kier molecular flexibility index (Phi) is 6.95. The van der Waals surface area contributed by atoms with Crippen LogP contribution in [0.15, 0.2) is 24.3 Å². The van der Waals surface area contributed by atoms with E-state index in [0.29, 0.717) is 29.3 Å². The Morgan fingerprint density at radius 3 is 2.33 bits per heavy atom. The molecule has 1 amide bonds. The molecule has 0 radical (unpaired) electrons. The Balaban J connectivity index is 1.43. The van der Waals surface area contributed by atoms with Gasteiger partial charge in [-0.15, -0.1) is 0 Å². The number of piperazine rings is 1. The van der Waals surface area contributed by atoms with Crippen LogP contribution in [0.1, 0.15) is 20.3 Å². The van der Waals surface area contributed by atoms with E-state index in [-0.39, 0.29) is 0 Å². The lowest BCUT2D eigenvalue weighted by Gasteiger charge is -2.37. The average molecular weight is 410 g/mol. The predicted molar refractivity (Wildman–Crippen MR) is 114 cm³/mol. The summed E-state index contributed by atoms with van der Waals surface area (Å²) in [6.45, 7) is 10.5. The smallest absolute Gasteiger partial charge is 0.277 e. The van der Waals surface area contributed by atoms with Crippen molar-refractivity contribution in [3.8, 4) is 0 Å². The van der Waals surface area contributed by atoms with Crippen molar-refractivity contribution in [2.75, 3.05) is 51.1 Å². The topological polar surface area (TPSA) is 40.0 Å². The standard InChI is InChI=1S/C20H29ClN4OS/c1-15-11-16(2)13-25(12-15)19(26)14-23-7-9-24(10-8-23)20(27)22-18-5-3-17(21)4-6-18/h3-6,15-16H,7-14H2,1-2H3,(H,22,27)/p+1/t15-,16+. The molecule has 2 saturated heterocycles. The highest BCUT2D eigenvalue weighted by atomic mass is 35.5. The van der Waals surface area contributed by atoms with Gasteiger partial charge in [-0.1, -0.05) is 25.4 Å². The van der Waals surface area contributed by atoms with Crippen molar-refractivity contribution < 1.29 is 9.69 Å². The van der Waals surface area contributed by atoms with Crippen LogP contribution in [0.2, 0.25) is 5.02 Å². The maximum atomic E-state index is 12.7. The fourth-order valence-corrected chi connectivity index (χ4v) is 4.56. The molecule has 3 rings (SSSR count). The molecule has 2 atom stereocenters. The van der Waals surface area contributed by atoms with Gasteiger partial charge in [0.25, 0.3) is 5.91 Å². The Hall–Kier alpha value is -1.37. The van der Waals surface area contributed by atoms with Crippen LogP contribution in [0, 0.1) is 11.8 Å². The van der Waals surface area contributed by atoms with Gasteiger partial charge in [-0.05, 0) is 54.7 Å². The van der Waals surface area contributed by atoms with Crippen LogP contribution >= 0.6 is 23.8 Å².